The van der Waals surface area contributed by atoms with Crippen LogP contribution < -0.4 is 0 Å². The lowest BCUT2D eigenvalue weighted by Gasteiger charge is -2.67. The van der Waals surface area contributed by atoms with Gasteiger partial charge in [-0.25, -0.2) is 0 Å². The van der Waals surface area contributed by atoms with Gasteiger partial charge in [-0.3, -0.25) is 14.6 Å². The monoisotopic (exact) mass is 306 g/mol. The lowest BCUT2D eigenvalue weighted by Crippen LogP contribution is -2.79. The van der Waals surface area contributed by atoms with Crippen molar-refractivity contribution in [3.8, 4) is 0 Å². The number of Topliss-reactive ketones (excluding diaryl/α,β-unsaturated/α-hetero) is 1. The molecule has 124 valence electrons. The van der Waals surface area contributed by atoms with Gasteiger partial charge in [-0.1, -0.05) is 13.8 Å². The first-order valence-corrected chi connectivity index (χ1v) is 8.96. The summed E-state index contributed by atoms with van der Waals surface area (Å²) in [5.74, 6) is 1.22. The van der Waals surface area contributed by atoms with Gasteiger partial charge in [0.15, 0.2) is 0 Å². The third kappa shape index (κ3) is 1.96. The average Bonchev–Trinajstić information content (AvgIpc) is 2.42. The molecule has 2 unspecified atom stereocenters. The zero-order valence-electron chi connectivity index (χ0n) is 14.5. The van der Waals surface area contributed by atoms with E-state index in [1.165, 1.54) is 0 Å². The zero-order chi connectivity index (χ0) is 15.8. The Labute approximate surface area is 134 Å². The molecule has 4 nitrogen and oxygen atoms in total. The van der Waals surface area contributed by atoms with Crippen molar-refractivity contribution in [3.63, 3.8) is 0 Å². The van der Waals surface area contributed by atoms with Crippen LogP contribution in [0.15, 0.2) is 0 Å². The van der Waals surface area contributed by atoms with E-state index in [2.05, 4.69) is 37.5 Å². The number of ketones is 1. The van der Waals surface area contributed by atoms with E-state index >= 15 is 0 Å². The van der Waals surface area contributed by atoms with Gasteiger partial charge in [0, 0.05) is 32.8 Å². The average molecular weight is 306 g/mol. The molecule has 5 aliphatic heterocycles. The molecule has 0 aromatic rings. The van der Waals surface area contributed by atoms with Crippen LogP contribution in [0.4, 0.5) is 0 Å². The smallest absolute Gasteiger partial charge is 0.150 e. The molecular formula is C18H30N2O2. The number of carbonyl (C=O) groups is 1. The van der Waals surface area contributed by atoms with Gasteiger partial charge in [0.1, 0.15) is 5.78 Å². The van der Waals surface area contributed by atoms with Crippen LogP contribution >= 0.6 is 0 Å². The Bertz CT molecular complexity index is 485. The highest BCUT2D eigenvalue weighted by Gasteiger charge is 2.64. The van der Waals surface area contributed by atoms with Crippen molar-refractivity contribution in [2.75, 3.05) is 32.8 Å². The second-order valence-electron chi connectivity index (χ2n) is 9.11. The van der Waals surface area contributed by atoms with E-state index in [4.69, 9.17) is 4.74 Å². The van der Waals surface area contributed by atoms with Gasteiger partial charge in [0.2, 0.25) is 0 Å². The first-order valence-electron chi connectivity index (χ1n) is 8.96. The summed E-state index contributed by atoms with van der Waals surface area (Å²) in [6.45, 7) is 13.6. The number of rotatable bonds is 2. The maximum Gasteiger partial charge on any atom is 0.150 e. The topological polar surface area (TPSA) is 32.8 Å². The van der Waals surface area contributed by atoms with E-state index in [0.29, 0.717) is 17.9 Å². The summed E-state index contributed by atoms with van der Waals surface area (Å²) in [6.07, 6.45) is 3.81. The van der Waals surface area contributed by atoms with E-state index in [1.807, 2.05) is 0 Å². The molecule has 0 spiro atoms. The van der Waals surface area contributed by atoms with Crippen LogP contribution in [0.5, 0.6) is 0 Å². The van der Waals surface area contributed by atoms with Crippen LogP contribution in [0.25, 0.3) is 0 Å². The quantitative estimate of drug-likeness (QED) is 0.782. The van der Waals surface area contributed by atoms with Gasteiger partial charge in [0.05, 0.1) is 22.6 Å². The van der Waals surface area contributed by atoms with Crippen molar-refractivity contribution >= 4 is 5.78 Å². The minimum Gasteiger partial charge on any atom is -0.376 e. The van der Waals surface area contributed by atoms with Crippen LogP contribution in [0.3, 0.4) is 0 Å². The molecule has 22 heavy (non-hydrogen) atoms. The Hall–Kier alpha value is -0.450. The van der Waals surface area contributed by atoms with Gasteiger partial charge >= 0.3 is 0 Å². The van der Waals surface area contributed by atoms with Gasteiger partial charge in [-0.05, 0) is 39.0 Å². The second kappa shape index (κ2) is 4.55. The highest BCUT2D eigenvalue weighted by molar-refractivity contribution is 5.93. The fourth-order valence-corrected chi connectivity index (χ4v) is 5.93. The molecule has 0 saturated carbocycles. The van der Waals surface area contributed by atoms with E-state index in [1.54, 1.807) is 0 Å². The third-order valence-electron chi connectivity index (χ3n) is 6.73. The summed E-state index contributed by atoms with van der Waals surface area (Å²) in [7, 11) is 0. The van der Waals surface area contributed by atoms with Crippen molar-refractivity contribution in [1.82, 2.24) is 9.80 Å². The molecule has 4 heteroatoms. The molecule has 5 heterocycles. The Kier molecular flexibility index (Phi) is 3.12. The maximum atomic E-state index is 13.0. The van der Waals surface area contributed by atoms with E-state index in [9.17, 15) is 4.79 Å². The van der Waals surface area contributed by atoms with Crippen LogP contribution in [-0.4, -0.2) is 60.1 Å². The van der Waals surface area contributed by atoms with Crippen molar-refractivity contribution in [2.24, 2.45) is 16.7 Å². The van der Waals surface area contributed by atoms with E-state index < -0.39 is 0 Å². The molecule has 5 saturated heterocycles. The molecule has 0 N–H and O–H groups in total. The van der Waals surface area contributed by atoms with Gasteiger partial charge < -0.3 is 4.74 Å². The lowest BCUT2D eigenvalue weighted by molar-refractivity contribution is -0.217. The first kappa shape index (κ1) is 15.1. The van der Waals surface area contributed by atoms with Gasteiger partial charge in [0.25, 0.3) is 0 Å². The molecule has 0 aromatic carbocycles. The largest absolute Gasteiger partial charge is 0.376 e. The number of ether oxygens (including phenoxy) is 1. The molecule has 5 rings (SSSR count). The van der Waals surface area contributed by atoms with Crippen LogP contribution in [0.2, 0.25) is 0 Å². The van der Waals surface area contributed by atoms with E-state index in [0.717, 1.165) is 52.0 Å². The van der Waals surface area contributed by atoms with Crippen molar-refractivity contribution in [2.45, 2.75) is 58.7 Å². The predicted octanol–water partition coefficient (Wildman–Crippen LogP) is 2.13. The van der Waals surface area contributed by atoms with Crippen LogP contribution in [0, 0.1) is 16.7 Å². The highest BCUT2D eigenvalue weighted by Crippen LogP contribution is 2.52. The molecular weight excluding hydrogens is 276 g/mol. The maximum absolute atomic E-state index is 13.0. The molecule has 4 bridgehead atoms. The summed E-state index contributed by atoms with van der Waals surface area (Å²) in [5, 5.41) is 0. The Morgan fingerprint density at radius 1 is 1.14 bits per heavy atom. The summed E-state index contributed by atoms with van der Waals surface area (Å²) >= 11 is 0. The molecule has 0 amide bonds. The highest BCUT2D eigenvalue weighted by atomic mass is 16.5. The summed E-state index contributed by atoms with van der Waals surface area (Å²) in [5.41, 5.74) is -0.228. The number of piperidine rings is 2. The number of hydrogen-bond acceptors (Lipinski definition) is 4. The summed E-state index contributed by atoms with van der Waals surface area (Å²) in [6, 6.07) is 0. The van der Waals surface area contributed by atoms with Gasteiger partial charge in [-0.15, -0.1) is 0 Å². The van der Waals surface area contributed by atoms with Crippen molar-refractivity contribution in [3.05, 3.63) is 0 Å². The van der Waals surface area contributed by atoms with Crippen molar-refractivity contribution < 1.29 is 9.53 Å². The fourth-order valence-electron chi connectivity index (χ4n) is 5.93. The normalized spacial score (nSPS) is 53.0. The van der Waals surface area contributed by atoms with Crippen molar-refractivity contribution in [1.29, 1.82) is 0 Å². The SMILES string of the molecule is CCC12CN3CC(C)(CN(C1)C3[C@@H]1CCOC(C)(C)C1)C2=O. The number of carbonyl (C=O) groups excluding carboxylic acids is 1. The molecule has 5 fully saturated rings. The molecule has 0 radical (unpaired) electrons. The van der Waals surface area contributed by atoms with E-state index in [-0.39, 0.29) is 16.4 Å². The standard InChI is InChI=1S/C18H30N2O2/c1-5-18-11-19-9-17(4,15(18)21)10-20(12-18)14(19)13-6-7-22-16(2,3)8-13/h13-14H,5-12H2,1-4H3/t13-,14?,17?,18?/m1/s1. The Morgan fingerprint density at radius 2 is 1.77 bits per heavy atom. The van der Waals surface area contributed by atoms with Crippen LogP contribution in [-0.2, 0) is 9.53 Å². The minimum atomic E-state index is -0.135. The second-order valence-corrected chi connectivity index (χ2v) is 9.11. The molecule has 0 aliphatic carbocycles. The molecule has 0 aromatic heterocycles. The molecule has 3 atom stereocenters. The summed E-state index contributed by atoms with van der Waals surface area (Å²) in [4.78, 5) is 18.2. The van der Waals surface area contributed by atoms with Crippen LogP contribution in [0.1, 0.15) is 47.0 Å². The molecule has 5 aliphatic rings. The Morgan fingerprint density at radius 3 is 2.32 bits per heavy atom. The summed E-state index contributed by atoms with van der Waals surface area (Å²) < 4.78 is 5.93. The Balaban J connectivity index is 1.63. The number of hydrogen-bond donors (Lipinski definition) is 0. The minimum absolute atomic E-state index is 0.00197. The third-order valence-corrected chi connectivity index (χ3v) is 6.73. The first-order chi connectivity index (χ1) is 10.3. The zero-order valence-corrected chi connectivity index (χ0v) is 14.5. The predicted molar refractivity (Wildman–Crippen MR) is 85.5 cm³/mol. The van der Waals surface area contributed by atoms with Gasteiger partial charge in [-0.2, -0.15) is 0 Å². The number of nitrogens with zero attached hydrogens (tertiary/aromatic N) is 2. The lowest BCUT2D eigenvalue weighted by atomic mass is 9.59. The fraction of sp³-hybridized carbons (Fsp3) is 0.944.